The minimum absolute atomic E-state index is 0.0511. The Morgan fingerprint density at radius 2 is 1.30 bits per heavy atom. The molecule has 0 aromatic rings. The smallest absolute Gasteiger partial charge is 0.408 e. The quantitative estimate of drug-likeness (QED) is 0.118. The zero-order valence-electron chi connectivity index (χ0n) is 23.8. The summed E-state index contributed by atoms with van der Waals surface area (Å²) in [7, 11) is 1.28. The van der Waals surface area contributed by atoms with E-state index in [2.05, 4.69) is 22.5 Å². The van der Waals surface area contributed by atoms with Crippen LogP contribution in [0.1, 0.15) is 111 Å². The van der Waals surface area contributed by atoms with Crippen LogP contribution in [0.25, 0.3) is 0 Å². The predicted octanol–water partition coefficient (Wildman–Crippen LogP) is 4.93. The molecule has 214 valence electrons. The summed E-state index contributed by atoms with van der Waals surface area (Å²) in [6.45, 7) is 11.8. The lowest BCUT2D eigenvalue weighted by Crippen LogP contribution is -2.44. The molecule has 0 radical (unpaired) electrons. The monoisotopic (exact) mass is 525 g/mol. The van der Waals surface area contributed by atoms with Gasteiger partial charge in [-0.25, -0.2) is 9.59 Å². The molecule has 9 nitrogen and oxygen atoms in total. The summed E-state index contributed by atoms with van der Waals surface area (Å²) in [6, 6.07) is -0.773. The Balaban J connectivity index is 3.71. The molecule has 0 unspecified atom stereocenters. The lowest BCUT2D eigenvalue weighted by molar-refractivity contribution is -0.143. The van der Waals surface area contributed by atoms with Gasteiger partial charge in [-0.15, -0.1) is 0 Å². The van der Waals surface area contributed by atoms with Crippen molar-refractivity contribution in [3.63, 3.8) is 0 Å². The highest BCUT2D eigenvalue weighted by atomic mass is 16.6. The fraction of sp³-hybridized carbons (Fsp3) is 0.786. The van der Waals surface area contributed by atoms with Gasteiger partial charge in [-0.3, -0.25) is 9.59 Å². The number of amides is 3. The van der Waals surface area contributed by atoms with E-state index in [9.17, 15) is 19.2 Å². The first-order valence-electron chi connectivity index (χ1n) is 13.7. The van der Waals surface area contributed by atoms with E-state index in [0.717, 1.165) is 32.1 Å². The zero-order valence-corrected chi connectivity index (χ0v) is 23.8. The molecule has 0 aliphatic rings. The summed E-state index contributed by atoms with van der Waals surface area (Å²) >= 11 is 0. The molecule has 0 heterocycles. The van der Waals surface area contributed by atoms with Crippen LogP contribution >= 0.6 is 0 Å². The predicted molar refractivity (Wildman–Crippen MR) is 146 cm³/mol. The third-order valence-electron chi connectivity index (χ3n) is 5.67. The fourth-order valence-corrected chi connectivity index (χ4v) is 3.63. The zero-order chi connectivity index (χ0) is 28.1. The third kappa shape index (κ3) is 21.2. The molecule has 0 aromatic carbocycles. The molecule has 0 spiro atoms. The normalized spacial score (nSPS) is 11.8. The van der Waals surface area contributed by atoms with Crippen LogP contribution in [0, 0.1) is 0 Å². The molecular weight excluding hydrogens is 474 g/mol. The molecule has 0 fully saturated rings. The number of ether oxygens (including phenoxy) is 2. The number of carbonyl (C=O) groups is 4. The van der Waals surface area contributed by atoms with E-state index in [0.29, 0.717) is 44.3 Å². The van der Waals surface area contributed by atoms with E-state index in [-0.39, 0.29) is 11.8 Å². The van der Waals surface area contributed by atoms with Crippen molar-refractivity contribution in [2.24, 2.45) is 0 Å². The van der Waals surface area contributed by atoms with E-state index in [1.807, 2.05) is 0 Å². The Kier molecular flexibility index (Phi) is 19.0. The summed E-state index contributed by atoms with van der Waals surface area (Å²) in [4.78, 5) is 47.3. The second-order valence-corrected chi connectivity index (χ2v) is 10.5. The molecule has 0 bridgehead atoms. The van der Waals surface area contributed by atoms with Gasteiger partial charge in [0.1, 0.15) is 11.6 Å². The number of nitrogens with one attached hydrogen (secondary N) is 3. The maximum atomic E-state index is 12.0. The maximum absolute atomic E-state index is 12.0. The Hall–Kier alpha value is -2.58. The van der Waals surface area contributed by atoms with Gasteiger partial charge >= 0.3 is 12.1 Å². The molecule has 0 saturated heterocycles. The van der Waals surface area contributed by atoms with Gasteiger partial charge < -0.3 is 25.4 Å². The highest BCUT2D eigenvalue weighted by molar-refractivity contribution is 5.92. The summed E-state index contributed by atoms with van der Waals surface area (Å²) in [6.07, 6.45) is 11.6. The van der Waals surface area contributed by atoms with Crippen LogP contribution in [0.4, 0.5) is 4.79 Å². The number of hydrogen-bond donors (Lipinski definition) is 3. The van der Waals surface area contributed by atoms with E-state index in [1.54, 1.807) is 27.7 Å². The Labute approximate surface area is 223 Å². The lowest BCUT2D eigenvalue weighted by atomic mass is 10.1. The summed E-state index contributed by atoms with van der Waals surface area (Å²) in [5.74, 6) is -0.526. The number of esters is 1. The highest BCUT2D eigenvalue weighted by Crippen LogP contribution is 2.11. The Morgan fingerprint density at radius 3 is 1.84 bits per heavy atom. The molecule has 0 rings (SSSR count). The van der Waals surface area contributed by atoms with E-state index < -0.39 is 23.7 Å². The van der Waals surface area contributed by atoms with Crippen molar-refractivity contribution in [3.8, 4) is 0 Å². The van der Waals surface area contributed by atoms with E-state index in [4.69, 9.17) is 9.47 Å². The van der Waals surface area contributed by atoms with Crippen molar-refractivity contribution in [3.05, 3.63) is 12.2 Å². The van der Waals surface area contributed by atoms with Crippen molar-refractivity contribution in [2.75, 3.05) is 20.2 Å². The van der Waals surface area contributed by atoms with Crippen molar-refractivity contribution < 1.29 is 28.7 Å². The molecule has 0 aromatic heterocycles. The van der Waals surface area contributed by atoms with Crippen molar-refractivity contribution >= 4 is 23.9 Å². The first-order chi connectivity index (χ1) is 17.5. The topological polar surface area (TPSA) is 123 Å². The highest BCUT2D eigenvalue weighted by Gasteiger charge is 2.24. The van der Waals surface area contributed by atoms with Crippen LogP contribution < -0.4 is 16.0 Å². The van der Waals surface area contributed by atoms with Gasteiger partial charge in [0.05, 0.1) is 7.11 Å². The number of methoxy groups -OCH3 is 1. The second kappa shape index (κ2) is 20.5. The molecule has 37 heavy (non-hydrogen) atoms. The average molecular weight is 526 g/mol. The molecule has 3 amide bonds. The summed E-state index contributed by atoms with van der Waals surface area (Å²) in [5.41, 5.74) is -0.101. The van der Waals surface area contributed by atoms with Gasteiger partial charge in [-0.05, 0) is 59.8 Å². The second-order valence-electron chi connectivity index (χ2n) is 10.5. The number of hydrogen-bond acceptors (Lipinski definition) is 6. The van der Waals surface area contributed by atoms with Gasteiger partial charge in [-0.1, -0.05) is 51.5 Å². The maximum Gasteiger partial charge on any atom is 0.408 e. The molecule has 9 heteroatoms. The molecule has 0 aliphatic heterocycles. The van der Waals surface area contributed by atoms with Crippen LogP contribution in [-0.4, -0.2) is 55.7 Å². The molecule has 3 N–H and O–H groups in total. The summed E-state index contributed by atoms with van der Waals surface area (Å²) in [5, 5.41) is 8.33. The van der Waals surface area contributed by atoms with Crippen LogP contribution in [0.2, 0.25) is 0 Å². The minimum atomic E-state index is -0.773. The third-order valence-corrected chi connectivity index (χ3v) is 5.67. The Bertz CT molecular complexity index is 703. The first-order valence-corrected chi connectivity index (χ1v) is 13.7. The van der Waals surface area contributed by atoms with Gasteiger partial charge in [0.2, 0.25) is 11.8 Å². The van der Waals surface area contributed by atoms with Gasteiger partial charge in [-0.2, -0.15) is 0 Å². The molecule has 1 atom stereocenters. The van der Waals surface area contributed by atoms with Gasteiger partial charge in [0.25, 0.3) is 0 Å². The molecular formula is C28H51N3O6. The minimum Gasteiger partial charge on any atom is -0.467 e. The van der Waals surface area contributed by atoms with E-state index >= 15 is 0 Å². The van der Waals surface area contributed by atoms with Crippen LogP contribution in [-0.2, 0) is 23.9 Å². The van der Waals surface area contributed by atoms with Crippen molar-refractivity contribution in [1.29, 1.82) is 0 Å². The number of alkyl carbamates (subject to hydrolysis) is 1. The van der Waals surface area contributed by atoms with Crippen molar-refractivity contribution in [2.45, 2.75) is 123 Å². The average Bonchev–Trinajstić information content (AvgIpc) is 2.81. The number of unbranched alkanes of at least 4 members (excludes halogenated alkanes) is 9. The SMILES string of the molecule is C=C(C)C(=O)NCCCCCCCCCCCC(=O)NCCCC[C@H](NC(=O)OC(C)(C)C)C(=O)OC. The first kappa shape index (κ1) is 34.4. The largest absolute Gasteiger partial charge is 0.467 e. The van der Waals surface area contributed by atoms with Gasteiger partial charge in [0, 0.05) is 25.1 Å². The van der Waals surface area contributed by atoms with Crippen molar-refractivity contribution in [1.82, 2.24) is 16.0 Å². The fourth-order valence-electron chi connectivity index (χ4n) is 3.63. The standard InChI is InChI=1S/C28H51N3O6/c1-22(2)25(33)30-21-16-13-11-9-7-8-10-12-14-19-24(32)29-20-17-15-18-23(26(34)36-6)31-27(35)37-28(3,4)5/h23H,1,7-21H2,2-6H3,(H,29,32)(H,30,33)(H,31,35)/t23-/m0/s1. The Morgan fingerprint density at radius 1 is 0.784 bits per heavy atom. The number of carbonyl (C=O) groups excluding carboxylic acids is 4. The van der Waals surface area contributed by atoms with Crippen LogP contribution in [0.15, 0.2) is 12.2 Å². The van der Waals surface area contributed by atoms with Crippen LogP contribution in [0.3, 0.4) is 0 Å². The number of rotatable bonds is 20. The van der Waals surface area contributed by atoms with Crippen LogP contribution in [0.5, 0.6) is 0 Å². The van der Waals surface area contributed by atoms with Gasteiger partial charge in [0.15, 0.2) is 0 Å². The summed E-state index contributed by atoms with van der Waals surface area (Å²) < 4.78 is 9.96. The lowest BCUT2D eigenvalue weighted by Gasteiger charge is -2.22. The molecule has 0 saturated carbocycles. The molecule has 0 aliphatic carbocycles. The van der Waals surface area contributed by atoms with E-state index in [1.165, 1.54) is 32.8 Å².